The number of hydrogen-bond donors (Lipinski definition) is 1. The highest BCUT2D eigenvalue weighted by Crippen LogP contribution is 2.30. The molecular formula is C12H17N5S. The van der Waals surface area contributed by atoms with Gasteiger partial charge in [-0.3, -0.25) is 4.68 Å². The SMILES string of the molecule is CCCc1nc(N)c(C)c(Sc2cnn(C)c2)n1. The van der Waals surface area contributed by atoms with Gasteiger partial charge in [-0.05, 0) is 13.3 Å². The number of aromatic nitrogens is 4. The molecule has 0 saturated carbocycles. The van der Waals surface area contributed by atoms with Crippen LogP contribution in [0, 0.1) is 6.92 Å². The molecule has 0 aliphatic heterocycles. The van der Waals surface area contributed by atoms with Crippen molar-refractivity contribution in [1.29, 1.82) is 0 Å². The summed E-state index contributed by atoms with van der Waals surface area (Å²) in [7, 11) is 1.90. The summed E-state index contributed by atoms with van der Waals surface area (Å²) < 4.78 is 1.77. The monoisotopic (exact) mass is 263 g/mol. The molecule has 0 unspecified atom stereocenters. The number of nitrogen functional groups attached to an aromatic ring is 1. The van der Waals surface area contributed by atoms with E-state index in [2.05, 4.69) is 22.0 Å². The zero-order valence-corrected chi connectivity index (χ0v) is 11.7. The van der Waals surface area contributed by atoms with Crippen LogP contribution in [0.5, 0.6) is 0 Å². The van der Waals surface area contributed by atoms with Crippen molar-refractivity contribution < 1.29 is 0 Å². The molecular weight excluding hydrogens is 246 g/mol. The van der Waals surface area contributed by atoms with Crippen LogP contribution in [0.1, 0.15) is 24.7 Å². The molecule has 0 bridgehead atoms. The summed E-state index contributed by atoms with van der Waals surface area (Å²) >= 11 is 1.57. The lowest BCUT2D eigenvalue weighted by Crippen LogP contribution is -2.04. The highest BCUT2D eigenvalue weighted by Gasteiger charge is 2.10. The molecule has 2 rings (SSSR count). The molecule has 0 aliphatic rings. The number of nitrogens with two attached hydrogens (primary N) is 1. The molecule has 0 aromatic carbocycles. The number of aryl methyl sites for hydroxylation is 2. The van der Waals surface area contributed by atoms with Crippen molar-refractivity contribution >= 4 is 17.6 Å². The number of hydrogen-bond acceptors (Lipinski definition) is 5. The lowest BCUT2D eigenvalue weighted by Gasteiger charge is -2.08. The zero-order valence-electron chi connectivity index (χ0n) is 10.8. The van der Waals surface area contributed by atoms with E-state index in [1.54, 1.807) is 16.4 Å². The summed E-state index contributed by atoms with van der Waals surface area (Å²) in [6.45, 7) is 4.05. The maximum atomic E-state index is 5.93. The molecule has 2 N–H and O–H groups in total. The van der Waals surface area contributed by atoms with Crippen LogP contribution in [0.3, 0.4) is 0 Å². The van der Waals surface area contributed by atoms with Gasteiger partial charge in [0.15, 0.2) is 0 Å². The molecule has 2 aromatic heterocycles. The minimum absolute atomic E-state index is 0.569. The van der Waals surface area contributed by atoms with Gasteiger partial charge in [0.05, 0.1) is 11.1 Å². The lowest BCUT2D eigenvalue weighted by molar-refractivity contribution is 0.766. The minimum atomic E-state index is 0.569. The standard InChI is InChI=1S/C12H17N5S/c1-4-5-10-15-11(13)8(2)12(16-10)18-9-6-14-17(3)7-9/h6-7H,4-5H2,1-3H3,(H2,13,15,16). The van der Waals surface area contributed by atoms with E-state index in [1.807, 2.05) is 26.4 Å². The van der Waals surface area contributed by atoms with Crippen LogP contribution in [0.2, 0.25) is 0 Å². The summed E-state index contributed by atoms with van der Waals surface area (Å²) in [4.78, 5) is 9.92. The van der Waals surface area contributed by atoms with Crippen LogP contribution < -0.4 is 5.73 Å². The van der Waals surface area contributed by atoms with Crippen molar-refractivity contribution in [2.45, 2.75) is 36.6 Å². The molecule has 0 fully saturated rings. The summed E-state index contributed by atoms with van der Waals surface area (Å²) in [6, 6.07) is 0. The third-order valence-electron chi connectivity index (χ3n) is 2.55. The molecule has 0 amide bonds. The summed E-state index contributed by atoms with van der Waals surface area (Å²) in [5, 5.41) is 5.06. The van der Waals surface area contributed by atoms with E-state index in [1.165, 1.54) is 0 Å². The second kappa shape index (κ2) is 5.39. The molecule has 18 heavy (non-hydrogen) atoms. The molecule has 0 atom stereocenters. The Bertz CT molecular complexity index is 549. The van der Waals surface area contributed by atoms with Gasteiger partial charge in [-0.2, -0.15) is 5.10 Å². The first-order chi connectivity index (χ1) is 8.60. The second-order valence-electron chi connectivity index (χ2n) is 4.16. The van der Waals surface area contributed by atoms with Crippen LogP contribution in [0.15, 0.2) is 22.3 Å². The Morgan fingerprint density at radius 2 is 2.17 bits per heavy atom. The Morgan fingerprint density at radius 3 is 2.78 bits per heavy atom. The van der Waals surface area contributed by atoms with E-state index in [9.17, 15) is 0 Å². The molecule has 0 aliphatic carbocycles. The van der Waals surface area contributed by atoms with Crippen LogP contribution in [-0.2, 0) is 13.5 Å². The van der Waals surface area contributed by atoms with Crippen molar-refractivity contribution in [3.8, 4) is 0 Å². The number of anilines is 1. The Balaban J connectivity index is 2.31. The van der Waals surface area contributed by atoms with Crippen molar-refractivity contribution in [2.24, 2.45) is 7.05 Å². The van der Waals surface area contributed by atoms with Crippen molar-refractivity contribution in [1.82, 2.24) is 19.7 Å². The fourth-order valence-corrected chi connectivity index (χ4v) is 2.49. The fraction of sp³-hybridized carbons (Fsp3) is 0.417. The smallest absolute Gasteiger partial charge is 0.132 e. The van der Waals surface area contributed by atoms with E-state index in [-0.39, 0.29) is 0 Å². The van der Waals surface area contributed by atoms with E-state index >= 15 is 0 Å². The highest BCUT2D eigenvalue weighted by molar-refractivity contribution is 7.99. The zero-order chi connectivity index (χ0) is 13.1. The van der Waals surface area contributed by atoms with E-state index in [4.69, 9.17) is 5.73 Å². The maximum Gasteiger partial charge on any atom is 0.132 e. The predicted octanol–water partition coefficient (Wildman–Crippen LogP) is 2.20. The van der Waals surface area contributed by atoms with Crippen LogP contribution in [-0.4, -0.2) is 19.7 Å². The first-order valence-corrected chi connectivity index (χ1v) is 6.71. The van der Waals surface area contributed by atoms with Crippen molar-refractivity contribution in [3.63, 3.8) is 0 Å². The van der Waals surface area contributed by atoms with Gasteiger partial charge < -0.3 is 5.73 Å². The molecule has 2 aromatic rings. The van der Waals surface area contributed by atoms with Gasteiger partial charge in [0.25, 0.3) is 0 Å². The average molecular weight is 263 g/mol. The molecule has 6 heteroatoms. The van der Waals surface area contributed by atoms with E-state index < -0.39 is 0 Å². The van der Waals surface area contributed by atoms with Crippen molar-refractivity contribution in [2.75, 3.05) is 5.73 Å². The van der Waals surface area contributed by atoms with Gasteiger partial charge in [-0.1, -0.05) is 18.7 Å². The summed E-state index contributed by atoms with van der Waals surface area (Å²) in [5.41, 5.74) is 6.86. The van der Waals surface area contributed by atoms with Crippen molar-refractivity contribution in [3.05, 3.63) is 23.8 Å². The first-order valence-electron chi connectivity index (χ1n) is 5.89. The van der Waals surface area contributed by atoms with Gasteiger partial charge in [0.1, 0.15) is 16.7 Å². The first kappa shape index (κ1) is 12.9. The molecule has 96 valence electrons. The van der Waals surface area contributed by atoms with Crippen LogP contribution >= 0.6 is 11.8 Å². The van der Waals surface area contributed by atoms with Crippen LogP contribution in [0.25, 0.3) is 0 Å². The normalized spacial score (nSPS) is 10.8. The van der Waals surface area contributed by atoms with Gasteiger partial charge in [0.2, 0.25) is 0 Å². The minimum Gasteiger partial charge on any atom is -0.383 e. The Hall–Kier alpha value is -1.56. The van der Waals surface area contributed by atoms with Gasteiger partial charge in [-0.15, -0.1) is 0 Å². The summed E-state index contributed by atoms with van der Waals surface area (Å²) in [6.07, 6.45) is 5.65. The quantitative estimate of drug-likeness (QED) is 0.856. The maximum absolute atomic E-state index is 5.93. The van der Waals surface area contributed by atoms with Gasteiger partial charge in [0, 0.05) is 25.2 Å². The molecule has 5 nitrogen and oxygen atoms in total. The number of rotatable bonds is 4. The molecule has 2 heterocycles. The Morgan fingerprint density at radius 1 is 1.39 bits per heavy atom. The Kier molecular flexibility index (Phi) is 3.86. The predicted molar refractivity (Wildman–Crippen MR) is 72.5 cm³/mol. The number of nitrogens with zero attached hydrogens (tertiary/aromatic N) is 4. The average Bonchev–Trinajstić information content (AvgIpc) is 2.71. The van der Waals surface area contributed by atoms with E-state index in [0.29, 0.717) is 5.82 Å². The third kappa shape index (κ3) is 2.81. The molecule has 0 spiro atoms. The topological polar surface area (TPSA) is 69.6 Å². The Labute approximate surface area is 111 Å². The second-order valence-corrected chi connectivity index (χ2v) is 5.22. The van der Waals surface area contributed by atoms with E-state index in [0.717, 1.165) is 34.2 Å². The summed E-state index contributed by atoms with van der Waals surface area (Å²) in [5.74, 6) is 1.38. The molecule has 0 saturated heterocycles. The fourth-order valence-electron chi connectivity index (χ4n) is 1.56. The van der Waals surface area contributed by atoms with Crippen LogP contribution in [0.4, 0.5) is 5.82 Å². The lowest BCUT2D eigenvalue weighted by atomic mass is 10.3. The van der Waals surface area contributed by atoms with Gasteiger partial charge >= 0.3 is 0 Å². The third-order valence-corrected chi connectivity index (χ3v) is 3.59. The largest absolute Gasteiger partial charge is 0.383 e. The van der Waals surface area contributed by atoms with Gasteiger partial charge in [-0.25, -0.2) is 9.97 Å². The molecule has 0 radical (unpaired) electrons. The highest BCUT2D eigenvalue weighted by atomic mass is 32.2.